The number of carbonyl (C=O) groups is 2. The van der Waals surface area contributed by atoms with Crippen molar-refractivity contribution in [1.82, 2.24) is 25.0 Å². The molecule has 2 aromatic rings. The average Bonchev–Trinajstić information content (AvgIpc) is 3.39. The van der Waals surface area contributed by atoms with Gasteiger partial charge in [-0.15, -0.1) is 0 Å². The molecule has 2 aromatic heterocycles. The second kappa shape index (κ2) is 10.2. The van der Waals surface area contributed by atoms with Gasteiger partial charge < -0.3 is 14.7 Å². The van der Waals surface area contributed by atoms with Crippen molar-refractivity contribution in [3.63, 3.8) is 0 Å². The number of aromatic amines is 1. The SMILES string of the molecule is COc1ncccc1CN1CCc2[nH]nc(C(=O)N3CCCC3C)c2C1.O=C(O)C(F)(F)F. The summed E-state index contributed by atoms with van der Waals surface area (Å²) >= 11 is 0. The molecule has 12 heteroatoms. The number of nitrogens with zero attached hydrogens (tertiary/aromatic N) is 4. The van der Waals surface area contributed by atoms with E-state index in [4.69, 9.17) is 14.6 Å². The number of aromatic nitrogens is 3. The first-order valence-corrected chi connectivity index (χ1v) is 10.5. The molecule has 9 nitrogen and oxygen atoms in total. The van der Waals surface area contributed by atoms with Crippen LogP contribution < -0.4 is 4.74 Å². The van der Waals surface area contributed by atoms with Crippen molar-refractivity contribution in [2.24, 2.45) is 0 Å². The molecule has 1 amide bonds. The molecule has 180 valence electrons. The lowest BCUT2D eigenvalue weighted by Gasteiger charge is -2.28. The molecule has 1 fully saturated rings. The molecule has 4 rings (SSSR count). The smallest absolute Gasteiger partial charge is 0.481 e. The number of aliphatic carboxylic acids is 1. The quantitative estimate of drug-likeness (QED) is 0.708. The molecule has 0 bridgehead atoms. The van der Waals surface area contributed by atoms with Crippen LogP contribution in [0.5, 0.6) is 5.88 Å². The third kappa shape index (κ3) is 5.81. The number of ether oxygens (including phenoxy) is 1. The Balaban J connectivity index is 0.000000383. The van der Waals surface area contributed by atoms with Gasteiger partial charge in [-0.05, 0) is 25.8 Å². The molecule has 1 unspecified atom stereocenters. The van der Waals surface area contributed by atoms with Crippen LogP contribution in [0.1, 0.15) is 47.1 Å². The number of carbonyl (C=O) groups excluding carboxylic acids is 1. The van der Waals surface area contributed by atoms with Crippen molar-refractivity contribution in [1.29, 1.82) is 0 Å². The molecule has 0 aromatic carbocycles. The minimum Gasteiger partial charge on any atom is -0.481 e. The maximum Gasteiger partial charge on any atom is 0.490 e. The van der Waals surface area contributed by atoms with E-state index in [2.05, 4.69) is 27.0 Å². The van der Waals surface area contributed by atoms with E-state index < -0.39 is 12.1 Å². The lowest BCUT2D eigenvalue weighted by Crippen LogP contribution is -2.36. The number of hydrogen-bond donors (Lipinski definition) is 2. The topological polar surface area (TPSA) is 112 Å². The molecular formula is C21H26F3N5O4. The van der Waals surface area contributed by atoms with Crippen molar-refractivity contribution in [3.05, 3.63) is 40.8 Å². The van der Waals surface area contributed by atoms with Gasteiger partial charge in [-0.1, -0.05) is 6.07 Å². The van der Waals surface area contributed by atoms with Crippen molar-refractivity contribution < 1.29 is 32.6 Å². The number of carboxylic acids is 1. The zero-order valence-electron chi connectivity index (χ0n) is 18.4. The van der Waals surface area contributed by atoms with Gasteiger partial charge in [0.1, 0.15) is 0 Å². The summed E-state index contributed by atoms with van der Waals surface area (Å²) in [5, 5.41) is 14.6. The van der Waals surface area contributed by atoms with Crippen molar-refractivity contribution in [3.8, 4) is 5.88 Å². The Morgan fingerprint density at radius 3 is 2.67 bits per heavy atom. The van der Waals surface area contributed by atoms with Crippen LogP contribution in [0, 0.1) is 0 Å². The van der Waals surface area contributed by atoms with Crippen molar-refractivity contribution in [2.45, 2.75) is 51.5 Å². The summed E-state index contributed by atoms with van der Waals surface area (Å²) in [4.78, 5) is 30.4. The second-order valence-electron chi connectivity index (χ2n) is 7.95. The predicted octanol–water partition coefficient (Wildman–Crippen LogP) is 2.63. The third-order valence-corrected chi connectivity index (χ3v) is 5.71. The van der Waals surface area contributed by atoms with Crippen LogP contribution in [0.25, 0.3) is 0 Å². The van der Waals surface area contributed by atoms with Gasteiger partial charge in [-0.2, -0.15) is 18.3 Å². The molecule has 0 radical (unpaired) electrons. The second-order valence-corrected chi connectivity index (χ2v) is 7.95. The number of likely N-dealkylation sites (tertiary alicyclic amines) is 1. The highest BCUT2D eigenvalue weighted by atomic mass is 19.4. The van der Waals surface area contributed by atoms with Gasteiger partial charge in [0.05, 0.1) is 7.11 Å². The molecule has 0 spiro atoms. The number of methoxy groups -OCH3 is 1. The highest BCUT2D eigenvalue weighted by Crippen LogP contribution is 2.26. The Hall–Kier alpha value is -3.15. The van der Waals surface area contributed by atoms with Crippen LogP contribution in [-0.2, 0) is 24.3 Å². The Bertz CT molecular complexity index is 995. The number of halogens is 3. The molecule has 2 aliphatic heterocycles. The summed E-state index contributed by atoms with van der Waals surface area (Å²) in [5.41, 5.74) is 3.79. The number of fused-ring (bicyclic) bond motifs is 1. The number of rotatable bonds is 4. The summed E-state index contributed by atoms with van der Waals surface area (Å²) < 4.78 is 37.1. The van der Waals surface area contributed by atoms with E-state index in [9.17, 15) is 18.0 Å². The Kier molecular flexibility index (Phi) is 7.57. The molecular weight excluding hydrogens is 443 g/mol. The minimum absolute atomic E-state index is 0.0632. The van der Waals surface area contributed by atoms with Crippen LogP contribution in [0.3, 0.4) is 0 Å². The van der Waals surface area contributed by atoms with Gasteiger partial charge in [0.15, 0.2) is 5.69 Å². The molecule has 0 aliphatic carbocycles. The van der Waals surface area contributed by atoms with Crippen LogP contribution >= 0.6 is 0 Å². The van der Waals surface area contributed by atoms with E-state index in [-0.39, 0.29) is 5.91 Å². The van der Waals surface area contributed by atoms with E-state index >= 15 is 0 Å². The fraction of sp³-hybridized carbons (Fsp3) is 0.524. The van der Waals surface area contributed by atoms with Gasteiger partial charge in [0.25, 0.3) is 5.91 Å². The molecule has 0 saturated carbocycles. The number of pyridine rings is 1. The monoisotopic (exact) mass is 469 g/mol. The number of hydrogen-bond acceptors (Lipinski definition) is 6. The van der Waals surface area contributed by atoms with Gasteiger partial charge in [-0.3, -0.25) is 14.8 Å². The van der Waals surface area contributed by atoms with Crippen molar-refractivity contribution in [2.75, 3.05) is 20.2 Å². The molecule has 2 aliphatic rings. The van der Waals surface area contributed by atoms with E-state index in [1.807, 2.05) is 17.0 Å². The Labute approximate surface area is 188 Å². The van der Waals surface area contributed by atoms with Gasteiger partial charge in [-0.25, -0.2) is 9.78 Å². The number of alkyl halides is 3. The summed E-state index contributed by atoms with van der Waals surface area (Å²) in [6.07, 6.45) is -0.327. The van der Waals surface area contributed by atoms with Crippen LogP contribution in [-0.4, -0.2) is 74.4 Å². The van der Waals surface area contributed by atoms with Crippen LogP contribution in [0.4, 0.5) is 13.2 Å². The lowest BCUT2D eigenvalue weighted by atomic mass is 10.0. The molecule has 1 saturated heterocycles. The van der Waals surface area contributed by atoms with Gasteiger partial charge >= 0.3 is 12.1 Å². The van der Waals surface area contributed by atoms with Crippen molar-refractivity contribution >= 4 is 11.9 Å². The summed E-state index contributed by atoms with van der Waals surface area (Å²) in [6, 6.07) is 4.26. The van der Waals surface area contributed by atoms with E-state index in [1.165, 1.54) is 0 Å². The molecule has 1 atom stereocenters. The number of carboxylic acid groups (broad SMARTS) is 1. The first kappa shape index (κ1) is 24.5. The maximum absolute atomic E-state index is 13.0. The van der Waals surface area contributed by atoms with Gasteiger partial charge in [0, 0.05) is 61.7 Å². The zero-order valence-corrected chi connectivity index (χ0v) is 18.4. The van der Waals surface area contributed by atoms with E-state index in [0.717, 1.165) is 55.7 Å². The number of H-pyrrole nitrogens is 1. The first-order valence-electron chi connectivity index (χ1n) is 10.5. The zero-order chi connectivity index (χ0) is 24.2. The largest absolute Gasteiger partial charge is 0.490 e. The highest BCUT2D eigenvalue weighted by Gasteiger charge is 2.38. The standard InChI is InChI=1S/C19H25N5O2.C2HF3O2/c1-13-5-4-9-24(13)19(25)17-15-12-23(10-7-16(15)21-22-17)11-14-6-3-8-20-18(14)26-2;3-2(4,5)1(6)7/h3,6,8,13H,4-5,7,9-12H2,1-2H3,(H,21,22);(H,6,7). The summed E-state index contributed by atoms with van der Waals surface area (Å²) in [6.45, 7) is 5.33. The van der Waals surface area contributed by atoms with E-state index in [1.54, 1.807) is 13.3 Å². The molecule has 2 N–H and O–H groups in total. The number of nitrogens with one attached hydrogen (secondary N) is 1. The highest BCUT2D eigenvalue weighted by molar-refractivity contribution is 5.94. The molecule has 4 heterocycles. The van der Waals surface area contributed by atoms with Crippen LogP contribution in [0.15, 0.2) is 18.3 Å². The Morgan fingerprint density at radius 2 is 2.06 bits per heavy atom. The number of amides is 1. The summed E-state index contributed by atoms with van der Waals surface area (Å²) in [5.74, 6) is -2.03. The Morgan fingerprint density at radius 1 is 1.33 bits per heavy atom. The first-order chi connectivity index (χ1) is 15.6. The fourth-order valence-corrected chi connectivity index (χ4v) is 4.00. The molecule has 33 heavy (non-hydrogen) atoms. The summed E-state index contributed by atoms with van der Waals surface area (Å²) in [7, 11) is 1.64. The van der Waals surface area contributed by atoms with Gasteiger partial charge in [0.2, 0.25) is 5.88 Å². The third-order valence-electron chi connectivity index (χ3n) is 5.71. The maximum atomic E-state index is 13.0. The fourth-order valence-electron chi connectivity index (χ4n) is 4.00. The van der Waals surface area contributed by atoms with E-state index in [0.29, 0.717) is 24.2 Å². The minimum atomic E-state index is -5.08. The normalized spacial score (nSPS) is 18.3. The predicted molar refractivity (Wildman–Crippen MR) is 111 cm³/mol. The lowest BCUT2D eigenvalue weighted by molar-refractivity contribution is -0.192. The van der Waals surface area contributed by atoms with Crippen LogP contribution in [0.2, 0.25) is 0 Å². The average molecular weight is 469 g/mol.